The number of hydrogen-bond acceptors (Lipinski definition) is 3. The van der Waals surface area contributed by atoms with Gasteiger partial charge in [-0.2, -0.15) is 13.2 Å². The number of ether oxygens (including phenoxy) is 1. The van der Waals surface area contributed by atoms with Crippen LogP contribution in [0.1, 0.15) is 45.4 Å². The smallest absolute Gasteiger partial charge is 0.391 e. The Morgan fingerprint density at radius 2 is 1.89 bits per heavy atom. The molecule has 112 valence electrons. The van der Waals surface area contributed by atoms with E-state index in [4.69, 9.17) is 4.74 Å². The fraction of sp³-hybridized carbons (Fsp3) is 0.923. The summed E-state index contributed by atoms with van der Waals surface area (Å²) >= 11 is 0. The first kappa shape index (κ1) is 16.3. The Morgan fingerprint density at radius 1 is 1.26 bits per heavy atom. The maximum Gasteiger partial charge on any atom is 0.391 e. The molecule has 0 unspecified atom stereocenters. The van der Waals surface area contributed by atoms with Gasteiger partial charge in [0, 0.05) is 12.5 Å². The molecule has 0 radical (unpaired) electrons. The van der Waals surface area contributed by atoms with Crippen molar-refractivity contribution in [2.45, 2.75) is 57.7 Å². The molecule has 0 amide bonds. The van der Waals surface area contributed by atoms with E-state index in [2.05, 4.69) is 5.32 Å². The largest absolute Gasteiger partial charge is 0.466 e. The molecule has 0 aliphatic heterocycles. The van der Waals surface area contributed by atoms with Crippen LogP contribution in [0.3, 0.4) is 0 Å². The fourth-order valence-electron chi connectivity index (χ4n) is 2.40. The molecule has 1 saturated carbocycles. The standard InChI is InChI=1S/C13H22F3NO2/c1-2-19-12(18)4-3-9-17-11-7-5-10(6-8-11)13(14,15)16/h10-11,17H,2-9H2,1H3. The zero-order chi connectivity index (χ0) is 14.3. The van der Waals surface area contributed by atoms with Crippen molar-refractivity contribution >= 4 is 5.97 Å². The van der Waals surface area contributed by atoms with Gasteiger partial charge in [0.25, 0.3) is 0 Å². The van der Waals surface area contributed by atoms with E-state index < -0.39 is 12.1 Å². The third-order valence-electron chi connectivity index (χ3n) is 3.49. The van der Waals surface area contributed by atoms with Crippen LogP contribution in [0, 0.1) is 5.92 Å². The van der Waals surface area contributed by atoms with Crippen molar-refractivity contribution in [1.29, 1.82) is 0 Å². The molecule has 0 bridgehead atoms. The topological polar surface area (TPSA) is 38.3 Å². The normalized spacial score (nSPS) is 24.2. The van der Waals surface area contributed by atoms with E-state index in [0.717, 1.165) is 0 Å². The van der Waals surface area contributed by atoms with Gasteiger partial charge in [-0.15, -0.1) is 0 Å². The van der Waals surface area contributed by atoms with Crippen molar-refractivity contribution in [3.05, 3.63) is 0 Å². The lowest BCUT2D eigenvalue weighted by atomic mass is 9.85. The second-order valence-corrected chi connectivity index (χ2v) is 4.95. The van der Waals surface area contributed by atoms with Gasteiger partial charge in [-0.3, -0.25) is 4.79 Å². The van der Waals surface area contributed by atoms with Crippen LogP contribution in [0.15, 0.2) is 0 Å². The summed E-state index contributed by atoms with van der Waals surface area (Å²) in [4.78, 5) is 11.1. The predicted octanol–water partition coefficient (Wildman–Crippen LogP) is 3.04. The SMILES string of the molecule is CCOC(=O)CCCNC1CCC(C(F)(F)F)CC1. The molecule has 0 spiro atoms. The van der Waals surface area contributed by atoms with Crippen molar-refractivity contribution in [1.82, 2.24) is 5.32 Å². The molecular formula is C13H22F3NO2. The lowest BCUT2D eigenvalue weighted by Gasteiger charge is -2.30. The molecule has 1 N–H and O–H groups in total. The Hall–Kier alpha value is -0.780. The van der Waals surface area contributed by atoms with Gasteiger partial charge in [0.15, 0.2) is 0 Å². The van der Waals surface area contributed by atoms with Crippen LogP contribution in [-0.4, -0.2) is 31.3 Å². The second-order valence-electron chi connectivity index (χ2n) is 4.95. The summed E-state index contributed by atoms with van der Waals surface area (Å²) in [5.74, 6) is -1.35. The Morgan fingerprint density at radius 3 is 2.42 bits per heavy atom. The van der Waals surface area contributed by atoms with E-state index in [-0.39, 0.29) is 24.9 Å². The number of hydrogen-bond donors (Lipinski definition) is 1. The summed E-state index contributed by atoms with van der Waals surface area (Å²) in [6.45, 7) is 2.79. The Labute approximate surface area is 111 Å². The molecule has 0 saturated heterocycles. The molecule has 6 heteroatoms. The van der Waals surface area contributed by atoms with Gasteiger partial charge in [0.2, 0.25) is 0 Å². The van der Waals surface area contributed by atoms with Gasteiger partial charge < -0.3 is 10.1 Å². The summed E-state index contributed by atoms with van der Waals surface area (Å²) in [6.07, 6.45) is -1.49. The van der Waals surface area contributed by atoms with Crippen LogP contribution in [0.25, 0.3) is 0 Å². The Kier molecular flexibility index (Phi) is 6.62. The van der Waals surface area contributed by atoms with E-state index >= 15 is 0 Å². The molecule has 1 aliphatic rings. The first-order valence-electron chi connectivity index (χ1n) is 6.89. The van der Waals surface area contributed by atoms with Crippen LogP contribution < -0.4 is 5.32 Å². The molecule has 0 heterocycles. The van der Waals surface area contributed by atoms with Gasteiger partial charge in [-0.1, -0.05) is 0 Å². The first-order chi connectivity index (χ1) is 8.93. The van der Waals surface area contributed by atoms with Crippen LogP contribution in [0.5, 0.6) is 0 Å². The maximum absolute atomic E-state index is 12.5. The van der Waals surface area contributed by atoms with E-state index in [1.165, 1.54) is 0 Å². The first-order valence-corrected chi connectivity index (χ1v) is 6.89. The van der Waals surface area contributed by atoms with Gasteiger partial charge in [0.1, 0.15) is 0 Å². The van der Waals surface area contributed by atoms with Gasteiger partial charge in [-0.05, 0) is 45.6 Å². The predicted molar refractivity (Wildman–Crippen MR) is 65.7 cm³/mol. The Bertz CT molecular complexity index is 274. The summed E-state index contributed by atoms with van der Waals surface area (Å²) < 4.78 is 42.2. The number of nitrogens with one attached hydrogen (secondary N) is 1. The average Bonchev–Trinajstić information content (AvgIpc) is 2.34. The molecule has 3 nitrogen and oxygen atoms in total. The van der Waals surface area contributed by atoms with Crippen molar-refractivity contribution in [3.8, 4) is 0 Å². The molecule has 0 aromatic rings. The third-order valence-corrected chi connectivity index (χ3v) is 3.49. The Balaban J connectivity index is 2.08. The average molecular weight is 281 g/mol. The summed E-state index contributed by atoms with van der Waals surface area (Å²) in [5, 5.41) is 3.22. The van der Waals surface area contributed by atoms with Crippen LogP contribution >= 0.6 is 0 Å². The van der Waals surface area contributed by atoms with Crippen LogP contribution in [-0.2, 0) is 9.53 Å². The molecule has 19 heavy (non-hydrogen) atoms. The van der Waals surface area contributed by atoms with Crippen molar-refractivity contribution < 1.29 is 22.7 Å². The van der Waals surface area contributed by atoms with Gasteiger partial charge >= 0.3 is 12.1 Å². The quantitative estimate of drug-likeness (QED) is 0.600. The van der Waals surface area contributed by atoms with E-state index in [1.807, 2.05) is 0 Å². The zero-order valence-electron chi connectivity index (χ0n) is 11.3. The highest BCUT2D eigenvalue weighted by Gasteiger charge is 2.41. The highest BCUT2D eigenvalue weighted by atomic mass is 19.4. The number of carbonyl (C=O) groups is 1. The molecule has 0 aromatic carbocycles. The van der Waals surface area contributed by atoms with Crippen LogP contribution in [0.4, 0.5) is 13.2 Å². The number of esters is 1. The van der Waals surface area contributed by atoms with Gasteiger partial charge in [-0.25, -0.2) is 0 Å². The van der Waals surface area contributed by atoms with Crippen molar-refractivity contribution in [3.63, 3.8) is 0 Å². The van der Waals surface area contributed by atoms with Crippen LogP contribution in [0.2, 0.25) is 0 Å². The number of carbonyl (C=O) groups excluding carboxylic acids is 1. The fourth-order valence-corrected chi connectivity index (χ4v) is 2.40. The molecule has 1 fully saturated rings. The highest BCUT2D eigenvalue weighted by Crippen LogP contribution is 2.37. The van der Waals surface area contributed by atoms with Crippen molar-refractivity contribution in [2.24, 2.45) is 5.92 Å². The molecule has 1 aliphatic carbocycles. The lowest BCUT2D eigenvalue weighted by Crippen LogP contribution is -2.37. The second kappa shape index (κ2) is 7.72. The monoisotopic (exact) mass is 281 g/mol. The zero-order valence-corrected chi connectivity index (χ0v) is 11.3. The molecule has 0 aromatic heterocycles. The highest BCUT2D eigenvalue weighted by molar-refractivity contribution is 5.69. The van der Waals surface area contributed by atoms with E-state index in [9.17, 15) is 18.0 Å². The number of alkyl halides is 3. The minimum Gasteiger partial charge on any atom is -0.466 e. The minimum atomic E-state index is -4.05. The third kappa shape index (κ3) is 6.27. The van der Waals surface area contributed by atoms with Crippen molar-refractivity contribution in [2.75, 3.05) is 13.2 Å². The molecule has 0 atom stereocenters. The van der Waals surface area contributed by atoms with E-state index in [0.29, 0.717) is 38.8 Å². The summed E-state index contributed by atoms with van der Waals surface area (Å²) in [7, 11) is 0. The summed E-state index contributed by atoms with van der Waals surface area (Å²) in [5.41, 5.74) is 0. The lowest BCUT2D eigenvalue weighted by molar-refractivity contribution is -0.182. The molecular weight excluding hydrogens is 259 g/mol. The minimum absolute atomic E-state index is 0.154. The van der Waals surface area contributed by atoms with Gasteiger partial charge in [0.05, 0.1) is 12.5 Å². The maximum atomic E-state index is 12.5. The molecule has 1 rings (SSSR count). The number of halogens is 3. The number of rotatable bonds is 6. The summed E-state index contributed by atoms with van der Waals surface area (Å²) in [6, 6.07) is 0.154. The van der Waals surface area contributed by atoms with E-state index in [1.54, 1.807) is 6.92 Å².